The van der Waals surface area contributed by atoms with Gasteiger partial charge >= 0.3 is 0 Å². The molecule has 0 aliphatic rings. The molecule has 1 unspecified atom stereocenters. The summed E-state index contributed by atoms with van der Waals surface area (Å²) in [5, 5.41) is 10.9. The fraction of sp³-hybridized carbons (Fsp3) is 0.208. The van der Waals surface area contributed by atoms with Crippen LogP contribution in [0.3, 0.4) is 0 Å². The molecule has 1 atom stereocenters. The Labute approximate surface area is 183 Å². The van der Waals surface area contributed by atoms with Crippen LogP contribution in [0.4, 0.5) is 0 Å². The largest absolute Gasteiger partial charge is 0.491 e. The lowest BCUT2D eigenvalue weighted by molar-refractivity contribution is 0.0913. The van der Waals surface area contributed by atoms with Crippen LogP contribution in [-0.2, 0) is 6.54 Å². The summed E-state index contributed by atoms with van der Waals surface area (Å²) in [6, 6.07) is 18.5. The van der Waals surface area contributed by atoms with Crippen LogP contribution < -0.4 is 10.3 Å². The number of rotatable bonds is 8. The van der Waals surface area contributed by atoms with E-state index in [0.29, 0.717) is 28.0 Å². The number of ether oxygens (including phenoxy) is 1. The van der Waals surface area contributed by atoms with Gasteiger partial charge in [-0.2, -0.15) is 0 Å². The number of hydrogen-bond acceptors (Lipinski definition) is 6. The zero-order valence-electron chi connectivity index (χ0n) is 17.0. The van der Waals surface area contributed by atoms with E-state index in [1.54, 1.807) is 24.3 Å². The fourth-order valence-corrected chi connectivity index (χ4v) is 4.24. The lowest BCUT2D eigenvalue weighted by Gasteiger charge is -2.14. The van der Waals surface area contributed by atoms with Crippen molar-refractivity contribution in [1.82, 2.24) is 9.55 Å². The van der Waals surface area contributed by atoms with E-state index in [-0.39, 0.29) is 24.5 Å². The number of aliphatic hydroxyl groups excluding tert-OH is 1. The van der Waals surface area contributed by atoms with Crippen molar-refractivity contribution in [1.29, 1.82) is 0 Å². The number of hydrogen-bond donors (Lipinski definition) is 1. The summed E-state index contributed by atoms with van der Waals surface area (Å²) in [7, 11) is 0. The van der Waals surface area contributed by atoms with Crippen LogP contribution in [0.5, 0.6) is 5.75 Å². The van der Waals surface area contributed by atoms with Gasteiger partial charge in [-0.3, -0.25) is 14.2 Å². The first-order valence-corrected chi connectivity index (χ1v) is 10.9. The molecule has 0 saturated heterocycles. The Morgan fingerprint density at radius 1 is 1.16 bits per heavy atom. The van der Waals surface area contributed by atoms with E-state index in [1.165, 1.54) is 22.2 Å². The van der Waals surface area contributed by atoms with Crippen molar-refractivity contribution in [3.63, 3.8) is 0 Å². The van der Waals surface area contributed by atoms with Gasteiger partial charge in [-0.05, 0) is 35.9 Å². The highest BCUT2D eigenvalue weighted by Crippen LogP contribution is 2.30. The normalized spacial score (nSPS) is 12.1. The van der Waals surface area contributed by atoms with E-state index < -0.39 is 6.10 Å². The average molecular weight is 435 g/mol. The molecule has 0 saturated carbocycles. The molecule has 0 aliphatic heterocycles. The highest BCUT2D eigenvalue weighted by atomic mass is 32.1. The van der Waals surface area contributed by atoms with Crippen molar-refractivity contribution < 1.29 is 14.6 Å². The van der Waals surface area contributed by atoms with Gasteiger partial charge < -0.3 is 9.84 Å². The topological polar surface area (TPSA) is 81.4 Å². The number of carbonyl (C=O) groups excluding carboxylic acids is 1. The zero-order valence-corrected chi connectivity index (χ0v) is 17.8. The quantitative estimate of drug-likeness (QED) is 0.421. The number of thiophene rings is 1. The summed E-state index contributed by atoms with van der Waals surface area (Å²) >= 11 is 1.47. The number of aromatic nitrogens is 2. The standard InChI is InChI=1S/C24H22N2O4S/c1-2-21(28)16-8-10-19(11-9-16)30-14-18(27)13-26-15-25-23-20(24(26)29)12-22(31-23)17-6-4-3-5-7-17/h3-12,15,18,27H,2,13-14H2,1H3. The summed E-state index contributed by atoms with van der Waals surface area (Å²) in [4.78, 5) is 30.6. The number of fused-ring (bicyclic) bond motifs is 1. The Morgan fingerprint density at radius 3 is 2.61 bits per heavy atom. The fourth-order valence-electron chi connectivity index (χ4n) is 3.25. The number of aliphatic hydroxyl groups is 1. The second kappa shape index (κ2) is 9.24. The molecule has 0 fully saturated rings. The van der Waals surface area contributed by atoms with Crippen LogP contribution in [0, 0.1) is 0 Å². The monoisotopic (exact) mass is 434 g/mol. The van der Waals surface area contributed by atoms with Crippen LogP contribution >= 0.6 is 11.3 Å². The number of carbonyl (C=O) groups is 1. The van der Waals surface area contributed by atoms with Crippen molar-refractivity contribution in [3.8, 4) is 16.2 Å². The third-order valence-corrected chi connectivity index (χ3v) is 6.02. The summed E-state index contributed by atoms with van der Waals surface area (Å²) in [6.45, 7) is 1.91. The molecule has 0 amide bonds. The molecule has 0 aliphatic carbocycles. The second-order valence-corrected chi connectivity index (χ2v) is 8.19. The van der Waals surface area contributed by atoms with Gasteiger partial charge in [-0.25, -0.2) is 4.98 Å². The van der Waals surface area contributed by atoms with Crippen molar-refractivity contribution in [3.05, 3.63) is 82.9 Å². The van der Waals surface area contributed by atoms with Gasteiger partial charge in [0.05, 0.1) is 18.3 Å². The summed E-state index contributed by atoms with van der Waals surface area (Å²) < 4.78 is 7.01. The molecule has 0 radical (unpaired) electrons. The first-order valence-electron chi connectivity index (χ1n) is 10.0. The summed E-state index contributed by atoms with van der Waals surface area (Å²) in [5.74, 6) is 0.621. The molecule has 1 N–H and O–H groups in total. The number of benzene rings is 2. The van der Waals surface area contributed by atoms with E-state index in [9.17, 15) is 14.7 Å². The van der Waals surface area contributed by atoms with Crippen LogP contribution in [0.25, 0.3) is 20.7 Å². The third-order valence-electron chi connectivity index (χ3n) is 4.92. The zero-order chi connectivity index (χ0) is 21.8. The van der Waals surface area contributed by atoms with Gasteiger partial charge in [-0.15, -0.1) is 11.3 Å². The van der Waals surface area contributed by atoms with Gasteiger partial charge in [0.15, 0.2) is 5.78 Å². The lowest BCUT2D eigenvalue weighted by atomic mass is 10.1. The van der Waals surface area contributed by atoms with Crippen LogP contribution in [0.1, 0.15) is 23.7 Å². The second-order valence-electron chi connectivity index (χ2n) is 7.16. The molecule has 2 aromatic heterocycles. The molecule has 31 heavy (non-hydrogen) atoms. The van der Waals surface area contributed by atoms with Crippen LogP contribution in [-0.4, -0.2) is 33.2 Å². The lowest BCUT2D eigenvalue weighted by Crippen LogP contribution is -2.30. The van der Waals surface area contributed by atoms with E-state index in [2.05, 4.69) is 4.98 Å². The molecule has 7 heteroatoms. The van der Waals surface area contributed by atoms with Gasteiger partial charge in [0, 0.05) is 16.9 Å². The van der Waals surface area contributed by atoms with Crippen molar-refractivity contribution in [2.24, 2.45) is 0 Å². The molecular weight excluding hydrogens is 412 g/mol. The van der Waals surface area contributed by atoms with E-state index in [4.69, 9.17) is 4.74 Å². The molecule has 4 rings (SSSR count). The Morgan fingerprint density at radius 2 is 1.90 bits per heavy atom. The first kappa shape index (κ1) is 21.0. The molecule has 2 heterocycles. The van der Waals surface area contributed by atoms with Gasteiger partial charge in [0.1, 0.15) is 23.3 Å². The number of ketones is 1. The Kier molecular flexibility index (Phi) is 6.25. The molecular formula is C24H22N2O4S. The maximum absolute atomic E-state index is 12.9. The van der Waals surface area contributed by atoms with Gasteiger partial charge in [0.2, 0.25) is 0 Å². The molecule has 6 nitrogen and oxygen atoms in total. The van der Waals surface area contributed by atoms with Gasteiger partial charge in [-0.1, -0.05) is 37.3 Å². The minimum Gasteiger partial charge on any atom is -0.491 e. The molecule has 0 bridgehead atoms. The average Bonchev–Trinajstić information content (AvgIpc) is 3.25. The molecule has 158 valence electrons. The first-order chi connectivity index (χ1) is 15.0. The summed E-state index contributed by atoms with van der Waals surface area (Å²) in [6.07, 6.45) is 1.02. The van der Waals surface area contributed by atoms with Crippen molar-refractivity contribution >= 4 is 27.3 Å². The number of nitrogens with zero attached hydrogens (tertiary/aromatic N) is 2. The van der Waals surface area contributed by atoms with E-state index in [1.807, 2.05) is 43.3 Å². The molecule has 4 aromatic rings. The summed E-state index contributed by atoms with van der Waals surface area (Å²) in [5.41, 5.74) is 1.48. The SMILES string of the molecule is CCC(=O)c1ccc(OCC(O)Cn2cnc3sc(-c4ccccc4)cc3c2=O)cc1. The smallest absolute Gasteiger partial charge is 0.262 e. The van der Waals surface area contributed by atoms with Gasteiger partial charge in [0.25, 0.3) is 5.56 Å². The maximum atomic E-state index is 12.9. The maximum Gasteiger partial charge on any atom is 0.262 e. The predicted octanol–water partition coefficient (Wildman–Crippen LogP) is 4.16. The minimum absolute atomic E-state index is 0.0183. The Bertz CT molecular complexity index is 1250. The highest BCUT2D eigenvalue weighted by molar-refractivity contribution is 7.21. The predicted molar refractivity (Wildman–Crippen MR) is 122 cm³/mol. The van der Waals surface area contributed by atoms with E-state index in [0.717, 1.165) is 10.4 Å². The van der Waals surface area contributed by atoms with E-state index >= 15 is 0 Å². The van der Waals surface area contributed by atoms with Crippen molar-refractivity contribution in [2.45, 2.75) is 26.0 Å². The minimum atomic E-state index is -0.888. The van der Waals surface area contributed by atoms with Crippen molar-refractivity contribution in [2.75, 3.05) is 6.61 Å². The van der Waals surface area contributed by atoms with Crippen LogP contribution in [0.15, 0.2) is 71.8 Å². The molecule has 2 aromatic carbocycles. The highest BCUT2D eigenvalue weighted by Gasteiger charge is 2.13. The van der Waals surface area contributed by atoms with Crippen LogP contribution in [0.2, 0.25) is 0 Å². The third kappa shape index (κ3) is 4.73. The molecule has 0 spiro atoms. The Balaban J connectivity index is 1.43. The number of Topliss-reactive ketones (excluding diaryl/α,β-unsaturated/α-hetero) is 1. The Hall–Kier alpha value is -3.29.